The largest absolute Gasteiger partial charge is 0.353 e. The molecule has 0 bridgehead atoms. The zero-order valence-electron chi connectivity index (χ0n) is 18.5. The molecular weight excluding hydrogens is 407 g/mol. The van der Waals surface area contributed by atoms with E-state index < -0.39 is 0 Å². The first-order chi connectivity index (χ1) is 15.5. The van der Waals surface area contributed by atoms with Gasteiger partial charge in [-0.2, -0.15) is 0 Å². The Morgan fingerprint density at radius 1 is 1.12 bits per heavy atom. The number of likely N-dealkylation sites (N-methyl/N-ethyl adjacent to an activating group) is 1. The lowest BCUT2D eigenvalue weighted by Crippen LogP contribution is -2.49. The van der Waals surface area contributed by atoms with Crippen LogP contribution in [0.25, 0.3) is 0 Å². The molecule has 2 fully saturated rings. The first kappa shape index (κ1) is 22.4. The SMILES string of the molecule is CN1[C@@H](CCC(=O)NCc2ccc(F)cc2)CNC(=O)[C@@H]2[C@H]1CCN2Cc1ccccc1. The van der Waals surface area contributed by atoms with E-state index in [1.165, 1.54) is 17.7 Å². The van der Waals surface area contributed by atoms with Gasteiger partial charge in [-0.25, -0.2) is 4.39 Å². The number of halogens is 1. The molecule has 7 heteroatoms. The van der Waals surface area contributed by atoms with Gasteiger partial charge in [0.15, 0.2) is 0 Å². The third-order valence-electron chi connectivity index (χ3n) is 6.69. The van der Waals surface area contributed by atoms with Gasteiger partial charge in [-0.05, 0) is 43.1 Å². The molecule has 2 aliphatic heterocycles. The summed E-state index contributed by atoms with van der Waals surface area (Å²) in [6.45, 7) is 2.58. The summed E-state index contributed by atoms with van der Waals surface area (Å²) in [6.07, 6.45) is 2.00. The lowest BCUT2D eigenvalue weighted by molar-refractivity contribution is -0.126. The Kier molecular flexibility index (Phi) is 7.17. The maximum atomic E-state index is 13.0. The van der Waals surface area contributed by atoms with Crippen molar-refractivity contribution in [2.45, 2.75) is 50.5 Å². The first-order valence-corrected chi connectivity index (χ1v) is 11.3. The normalized spacial score (nSPS) is 23.9. The minimum Gasteiger partial charge on any atom is -0.353 e. The molecule has 2 aliphatic rings. The van der Waals surface area contributed by atoms with Crippen LogP contribution in [0.2, 0.25) is 0 Å². The molecule has 0 saturated carbocycles. The minimum absolute atomic E-state index is 0.0352. The molecule has 2 amide bonds. The van der Waals surface area contributed by atoms with Crippen molar-refractivity contribution in [1.29, 1.82) is 0 Å². The second kappa shape index (κ2) is 10.2. The molecule has 2 aromatic rings. The van der Waals surface area contributed by atoms with Gasteiger partial charge in [0.2, 0.25) is 11.8 Å². The summed E-state index contributed by atoms with van der Waals surface area (Å²) in [7, 11) is 2.07. The number of rotatable bonds is 7. The topological polar surface area (TPSA) is 64.7 Å². The van der Waals surface area contributed by atoms with Gasteiger partial charge >= 0.3 is 0 Å². The van der Waals surface area contributed by atoms with Gasteiger partial charge in [0.05, 0.1) is 0 Å². The highest BCUT2D eigenvalue weighted by atomic mass is 19.1. The Morgan fingerprint density at radius 2 is 1.88 bits per heavy atom. The van der Waals surface area contributed by atoms with Gasteiger partial charge in [-0.15, -0.1) is 0 Å². The summed E-state index contributed by atoms with van der Waals surface area (Å²) in [4.78, 5) is 29.9. The highest BCUT2D eigenvalue weighted by Crippen LogP contribution is 2.28. The molecule has 2 N–H and O–H groups in total. The van der Waals surface area contributed by atoms with Crippen molar-refractivity contribution in [2.75, 3.05) is 20.1 Å². The van der Waals surface area contributed by atoms with Crippen molar-refractivity contribution >= 4 is 11.8 Å². The van der Waals surface area contributed by atoms with Crippen molar-refractivity contribution in [3.05, 3.63) is 71.5 Å². The van der Waals surface area contributed by atoms with Crippen LogP contribution in [-0.2, 0) is 22.7 Å². The molecule has 170 valence electrons. The summed E-state index contributed by atoms with van der Waals surface area (Å²) in [5, 5.41) is 6.01. The molecule has 6 nitrogen and oxygen atoms in total. The average Bonchev–Trinajstić information content (AvgIpc) is 3.17. The third-order valence-corrected chi connectivity index (χ3v) is 6.69. The fourth-order valence-electron chi connectivity index (χ4n) is 4.83. The van der Waals surface area contributed by atoms with Crippen molar-refractivity contribution < 1.29 is 14.0 Å². The molecule has 4 rings (SSSR count). The number of nitrogens with zero attached hydrogens (tertiary/aromatic N) is 2. The van der Waals surface area contributed by atoms with Crippen LogP contribution in [0.4, 0.5) is 4.39 Å². The van der Waals surface area contributed by atoms with E-state index in [0.29, 0.717) is 25.9 Å². The summed E-state index contributed by atoms with van der Waals surface area (Å²) in [6, 6.07) is 16.5. The number of carbonyl (C=O) groups is 2. The number of carbonyl (C=O) groups excluding carboxylic acids is 2. The molecule has 2 saturated heterocycles. The summed E-state index contributed by atoms with van der Waals surface area (Å²) in [5.41, 5.74) is 2.08. The van der Waals surface area contributed by atoms with E-state index >= 15 is 0 Å². The van der Waals surface area contributed by atoms with E-state index in [-0.39, 0.29) is 35.8 Å². The van der Waals surface area contributed by atoms with Gasteiger partial charge in [-0.1, -0.05) is 42.5 Å². The van der Waals surface area contributed by atoms with Crippen LogP contribution in [-0.4, -0.2) is 59.9 Å². The van der Waals surface area contributed by atoms with E-state index in [9.17, 15) is 14.0 Å². The molecule has 32 heavy (non-hydrogen) atoms. The number of hydrogen-bond acceptors (Lipinski definition) is 4. The monoisotopic (exact) mass is 438 g/mol. The molecule has 0 radical (unpaired) electrons. The van der Waals surface area contributed by atoms with Crippen molar-refractivity contribution in [2.24, 2.45) is 0 Å². The van der Waals surface area contributed by atoms with Crippen LogP contribution in [0, 0.1) is 5.82 Å². The van der Waals surface area contributed by atoms with Crippen LogP contribution < -0.4 is 10.6 Å². The van der Waals surface area contributed by atoms with Gasteiger partial charge in [0, 0.05) is 44.7 Å². The van der Waals surface area contributed by atoms with E-state index in [0.717, 1.165) is 25.1 Å². The Balaban J connectivity index is 1.31. The quantitative estimate of drug-likeness (QED) is 0.696. The Morgan fingerprint density at radius 3 is 2.62 bits per heavy atom. The van der Waals surface area contributed by atoms with Crippen LogP contribution >= 0.6 is 0 Å². The molecule has 2 aromatic carbocycles. The summed E-state index contributed by atoms with van der Waals surface area (Å²) >= 11 is 0. The van der Waals surface area contributed by atoms with Crippen molar-refractivity contribution in [3.63, 3.8) is 0 Å². The lowest BCUT2D eigenvalue weighted by Gasteiger charge is -2.33. The highest BCUT2D eigenvalue weighted by molar-refractivity contribution is 5.83. The van der Waals surface area contributed by atoms with Crippen molar-refractivity contribution in [3.8, 4) is 0 Å². The van der Waals surface area contributed by atoms with Gasteiger partial charge in [0.25, 0.3) is 0 Å². The average molecular weight is 439 g/mol. The van der Waals surface area contributed by atoms with Crippen LogP contribution in [0.5, 0.6) is 0 Å². The summed E-state index contributed by atoms with van der Waals surface area (Å²) < 4.78 is 13.0. The van der Waals surface area contributed by atoms with Gasteiger partial charge < -0.3 is 10.6 Å². The summed E-state index contributed by atoms with van der Waals surface area (Å²) in [5.74, 6) is -0.239. The lowest BCUT2D eigenvalue weighted by atomic mass is 10.0. The Labute approximate surface area is 188 Å². The molecule has 3 atom stereocenters. The second-order valence-corrected chi connectivity index (χ2v) is 8.76. The minimum atomic E-state index is -0.286. The predicted octanol–water partition coefficient (Wildman–Crippen LogP) is 2.30. The molecule has 2 heterocycles. The highest BCUT2D eigenvalue weighted by Gasteiger charge is 2.44. The number of amides is 2. The van der Waals surface area contributed by atoms with Crippen LogP contribution in [0.1, 0.15) is 30.4 Å². The van der Waals surface area contributed by atoms with Gasteiger partial charge in [-0.3, -0.25) is 19.4 Å². The number of likely N-dealkylation sites (tertiary alicyclic amines) is 1. The molecular formula is C25H31FN4O2. The first-order valence-electron chi connectivity index (χ1n) is 11.3. The van der Waals surface area contributed by atoms with Gasteiger partial charge in [0.1, 0.15) is 11.9 Å². The number of nitrogens with one attached hydrogen (secondary N) is 2. The van der Waals surface area contributed by atoms with Crippen molar-refractivity contribution in [1.82, 2.24) is 20.4 Å². The number of fused-ring (bicyclic) bond motifs is 1. The molecule has 0 aliphatic carbocycles. The zero-order chi connectivity index (χ0) is 22.5. The standard InChI is InChI=1S/C25H31FN4O2/c1-29-21(11-12-23(31)27-15-18-7-9-20(26)10-8-18)16-28-25(32)24-22(29)13-14-30(24)17-19-5-3-2-4-6-19/h2-10,21-22,24H,11-17H2,1H3,(H,27,31)(H,28,32)/t21-,22+,24-/m0/s1. The molecule has 0 unspecified atom stereocenters. The fraction of sp³-hybridized carbons (Fsp3) is 0.440. The Bertz CT molecular complexity index is 921. The van der Waals surface area contributed by atoms with Crippen LogP contribution in [0.3, 0.4) is 0 Å². The van der Waals surface area contributed by atoms with E-state index in [4.69, 9.17) is 0 Å². The fourth-order valence-corrected chi connectivity index (χ4v) is 4.83. The van der Waals surface area contributed by atoms with E-state index in [1.807, 2.05) is 18.2 Å². The number of hydrogen-bond donors (Lipinski definition) is 2. The smallest absolute Gasteiger partial charge is 0.239 e. The molecule has 0 aromatic heterocycles. The maximum Gasteiger partial charge on any atom is 0.239 e. The van der Waals surface area contributed by atoms with E-state index in [2.05, 4.69) is 39.6 Å². The third kappa shape index (κ3) is 5.34. The second-order valence-electron chi connectivity index (χ2n) is 8.76. The molecule has 0 spiro atoms. The Hall–Kier alpha value is -2.77. The maximum absolute atomic E-state index is 13.0. The number of benzene rings is 2. The predicted molar refractivity (Wildman–Crippen MR) is 121 cm³/mol. The van der Waals surface area contributed by atoms with Crippen LogP contribution in [0.15, 0.2) is 54.6 Å². The van der Waals surface area contributed by atoms with E-state index in [1.54, 1.807) is 12.1 Å². The zero-order valence-corrected chi connectivity index (χ0v) is 18.5.